The monoisotopic (exact) mass is 277 g/mol. The van der Waals surface area contributed by atoms with E-state index in [1.807, 2.05) is 0 Å². The second-order valence-corrected chi connectivity index (χ2v) is 6.10. The molecule has 96 valence electrons. The molecule has 1 aromatic heterocycles. The Kier molecular flexibility index (Phi) is 4.35. The maximum Gasteiger partial charge on any atom is 0.301 e. The number of hydrogen-bond acceptors (Lipinski definition) is 3. The van der Waals surface area contributed by atoms with Gasteiger partial charge in [-0.15, -0.1) is 0 Å². The number of halogens is 1. The normalized spacial score (nSPS) is 12.2. The summed E-state index contributed by atoms with van der Waals surface area (Å²) < 4.78 is 27.6. The molecule has 5 nitrogen and oxygen atoms in total. The molecule has 0 aliphatic carbocycles. The molecule has 0 spiro atoms. The van der Waals surface area contributed by atoms with Crippen molar-refractivity contribution in [3.05, 3.63) is 23.0 Å². The number of pyridine rings is 1. The third-order valence-corrected chi connectivity index (χ3v) is 4.27. The number of aryl methyl sites for hydroxylation is 1. The van der Waals surface area contributed by atoms with E-state index in [1.165, 1.54) is 11.4 Å². The molecular formula is C10H16ClN3O2S. The van der Waals surface area contributed by atoms with E-state index >= 15 is 0 Å². The smallest absolute Gasteiger partial charge is 0.269 e. The largest absolute Gasteiger partial charge is 0.301 e. The topological polar surface area (TPSA) is 62.3 Å². The molecule has 0 radical (unpaired) electrons. The van der Waals surface area contributed by atoms with Crippen LogP contribution in [0.3, 0.4) is 0 Å². The highest BCUT2D eigenvalue weighted by Gasteiger charge is 2.21. The summed E-state index contributed by atoms with van der Waals surface area (Å²) in [7, 11) is -2.03. The Morgan fingerprint density at radius 3 is 2.47 bits per heavy atom. The molecule has 0 atom stereocenters. The first-order chi connectivity index (χ1) is 7.74. The van der Waals surface area contributed by atoms with E-state index in [9.17, 15) is 8.42 Å². The fraction of sp³-hybridized carbons (Fsp3) is 0.500. The van der Waals surface area contributed by atoms with Crippen LogP contribution in [0.5, 0.6) is 0 Å². The standard InChI is InChI=1S/C10H16ClN3O2S/c1-7(2)14(4)17(15,16)13-9-5-6-10(11)12-8(9)3/h5-7,13H,1-4H3. The minimum absolute atomic E-state index is 0.118. The first-order valence-corrected chi connectivity index (χ1v) is 6.95. The van der Waals surface area contributed by atoms with Gasteiger partial charge in [0.25, 0.3) is 0 Å². The van der Waals surface area contributed by atoms with Crippen molar-refractivity contribution in [3.8, 4) is 0 Å². The van der Waals surface area contributed by atoms with Crippen LogP contribution < -0.4 is 4.72 Å². The van der Waals surface area contributed by atoms with Crippen LogP contribution in [0.2, 0.25) is 5.15 Å². The molecule has 1 rings (SSSR count). The summed E-state index contributed by atoms with van der Waals surface area (Å²) in [6.07, 6.45) is 0. The van der Waals surface area contributed by atoms with Crippen LogP contribution in [0.4, 0.5) is 5.69 Å². The minimum atomic E-state index is -3.55. The van der Waals surface area contributed by atoms with Crippen molar-refractivity contribution in [2.45, 2.75) is 26.8 Å². The van der Waals surface area contributed by atoms with Crippen LogP contribution in [-0.2, 0) is 10.2 Å². The number of hydrogen-bond donors (Lipinski definition) is 1. The Morgan fingerprint density at radius 1 is 1.41 bits per heavy atom. The van der Waals surface area contributed by atoms with E-state index < -0.39 is 10.2 Å². The summed E-state index contributed by atoms with van der Waals surface area (Å²) >= 11 is 5.70. The van der Waals surface area contributed by atoms with Gasteiger partial charge in [0.2, 0.25) is 0 Å². The summed E-state index contributed by atoms with van der Waals surface area (Å²) in [6, 6.07) is 3.02. The number of aromatic nitrogens is 1. The summed E-state index contributed by atoms with van der Waals surface area (Å²) in [5.74, 6) is 0. The van der Waals surface area contributed by atoms with Crippen molar-refractivity contribution < 1.29 is 8.42 Å². The van der Waals surface area contributed by atoms with Gasteiger partial charge in [-0.05, 0) is 32.9 Å². The lowest BCUT2D eigenvalue weighted by atomic mass is 10.3. The Bertz CT molecular complexity index is 502. The Balaban J connectivity index is 2.98. The molecule has 0 saturated carbocycles. The van der Waals surface area contributed by atoms with Crippen LogP contribution in [0.25, 0.3) is 0 Å². The van der Waals surface area contributed by atoms with Gasteiger partial charge in [-0.3, -0.25) is 4.72 Å². The van der Waals surface area contributed by atoms with Gasteiger partial charge in [0.05, 0.1) is 11.4 Å². The molecule has 17 heavy (non-hydrogen) atoms. The van der Waals surface area contributed by atoms with E-state index in [1.54, 1.807) is 32.9 Å². The Morgan fingerprint density at radius 2 is 2.00 bits per heavy atom. The third kappa shape index (κ3) is 3.55. The molecule has 0 unspecified atom stereocenters. The van der Waals surface area contributed by atoms with Crippen LogP contribution in [0, 0.1) is 6.92 Å². The minimum Gasteiger partial charge on any atom is -0.269 e. The molecular weight excluding hydrogens is 262 g/mol. The lowest BCUT2D eigenvalue weighted by Gasteiger charge is -2.22. The van der Waals surface area contributed by atoms with Gasteiger partial charge in [-0.1, -0.05) is 11.6 Å². The van der Waals surface area contributed by atoms with Gasteiger partial charge >= 0.3 is 10.2 Å². The zero-order chi connectivity index (χ0) is 13.2. The average Bonchev–Trinajstić information content (AvgIpc) is 2.21. The van der Waals surface area contributed by atoms with E-state index in [0.29, 0.717) is 16.5 Å². The molecule has 1 aromatic rings. The number of anilines is 1. The maximum absolute atomic E-state index is 11.9. The molecule has 0 fully saturated rings. The highest BCUT2D eigenvalue weighted by Crippen LogP contribution is 2.18. The fourth-order valence-electron chi connectivity index (χ4n) is 1.13. The molecule has 0 aliphatic rings. The second-order valence-electron chi connectivity index (χ2n) is 3.98. The molecule has 1 N–H and O–H groups in total. The SMILES string of the molecule is Cc1nc(Cl)ccc1NS(=O)(=O)N(C)C(C)C. The van der Waals surface area contributed by atoms with Gasteiger partial charge in [0, 0.05) is 13.1 Å². The highest BCUT2D eigenvalue weighted by molar-refractivity contribution is 7.90. The fourth-order valence-corrected chi connectivity index (χ4v) is 2.51. The first-order valence-electron chi connectivity index (χ1n) is 5.13. The van der Waals surface area contributed by atoms with Crippen molar-refractivity contribution in [1.29, 1.82) is 0 Å². The van der Waals surface area contributed by atoms with Crippen molar-refractivity contribution in [3.63, 3.8) is 0 Å². The maximum atomic E-state index is 11.9. The summed E-state index contributed by atoms with van der Waals surface area (Å²) in [6.45, 7) is 5.29. The van der Waals surface area contributed by atoms with Crippen LogP contribution in [0.1, 0.15) is 19.5 Å². The van der Waals surface area contributed by atoms with Crippen molar-refractivity contribution in [2.24, 2.45) is 0 Å². The van der Waals surface area contributed by atoms with Crippen LogP contribution >= 0.6 is 11.6 Å². The van der Waals surface area contributed by atoms with Gasteiger partial charge in [-0.2, -0.15) is 12.7 Å². The lowest BCUT2D eigenvalue weighted by Crippen LogP contribution is -2.37. The molecule has 0 bridgehead atoms. The van der Waals surface area contributed by atoms with Crippen LogP contribution in [-0.4, -0.2) is 30.8 Å². The zero-order valence-electron chi connectivity index (χ0n) is 10.2. The molecule has 0 amide bonds. The van der Waals surface area contributed by atoms with Crippen LogP contribution in [0.15, 0.2) is 12.1 Å². The zero-order valence-corrected chi connectivity index (χ0v) is 11.8. The predicted octanol–water partition coefficient (Wildman–Crippen LogP) is 2.04. The Labute approximate surface area is 107 Å². The summed E-state index contributed by atoms with van der Waals surface area (Å²) in [5, 5.41) is 0.336. The third-order valence-electron chi connectivity index (χ3n) is 2.40. The summed E-state index contributed by atoms with van der Waals surface area (Å²) in [4.78, 5) is 3.98. The van der Waals surface area contributed by atoms with E-state index in [0.717, 1.165) is 0 Å². The van der Waals surface area contributed by atoms with Gasteiger partial charge in [0.1, 0.15) is 5.15 Å². The van der Waals surface area contributed by atoms with Crippen molar-refractivity contribution in [2.75, 3.05) is 11.8 Å². The average molecular weight is 278 g/mol. The number of nitrogens with zero attached hydrogens (tertiary/aromatic N) is 2. The van der Waals surface area contributed by atoms with Crippen molar-refractivity contribution in [1.82, 2.24) is 9.29 Å². The van der Waals surface area contributed by atoms with E-state index in [4.69, 9.17) is 11.6 Å². The second kappa shape index (κ2) is 5.20. The number of rotatable bonds is 4. The number of nitrogens with one attached hydrogen (secondary N) is 1. The molecule has 0 aromatic carbocycles. The molecule has 0 saturated heterocycles. The van der Waals surface area contributed by atoms with E-state index in [-0.39, 0.29) is 6.04 Å². The summed E-state index contributed by atoms with van der Waals surface area (Å²) in [5.41, 5.74) is 0.972. The quantitative estimate of drug-likeness (QED) is 0.857. The highest BCUT2D eigenvalue weighted by atomic mass is 35.5. The van der Waals surface area contributed by atoms with Gasteiger partial charge in [-0.25, -0.2) is 4.98 Å². The molecule has 1 heterocycles. The molecule has 0 aliphatic heterocycles. The van der Waals surface area contributed by atoms with Gasteiger partial charge < -0.3 is 0 Å². The molecule has 7 heteroatoms. The lowest BCUT2D eigenvalue weighted by molar-refractivity contribution is 0.414. The van der Waals surface area contributed by atoms with Gasteiger partial charge in [0.15, 0.2) is 0 Å². The Hall–Kier alpha value is -0.850. The first kappa shape index (κ1) is 14.2. The van der Waals surface area contributed by atoms with E-state index in [2.05, 4.69) is 9.71 Å². The van der Waals surface area contributed by atoms with Crippen molar-refractivity contribution >= 4 is 27.5 Å². The predicted molar refractivity (Wildman–Crippen MR) is 69.4 cm³/mol.